The first-order valence-corrected chi connectivity index (χ1v) is 9.26. The monoisotopic (exact) mass is 383 g/mol. The van der Waals surface area contributed by atoms with Crippen molar-refractivity contribution in [3.05, 3.63) is 53.3 Å². The normalized spacial score (nSPS) is 11.8. The number of phenols is 1. The number of nitrogens with zero attached hydrogens (tertiary/aromatic N) is 1. The standard InChI is InChI=1S/C22H29N3O3/c1-21(2,3)15-8-7-14(18(26)12-15)11-19(27)24-16-9-10-23-17(13-16)20(28)25-22(4,5)6/h7-10,12-13,26H,11H2,1-6H3,(H,25,28)(H,23,24,27). The van der Waals surface area contributed by atoms with Gasteiger partial charge >= 0.3 is 0 Å². The van der Waals surface area contributed by atoms with Gasteiger partial charge in [0.25, 0.3) is 5.91 Å². The summed E-state index contributed by atoms with van der Waals surface area (Å²) in [5.74, 6) is -0.492. The summed E-state index contributed by atoms with van der Waals surface area (Å²) in [4.78, 5) is 28.7. The summed E-state index contributed by atoms with van der Waals surface area (Å²) in [6.45, 7) is 11.8. The average molecular weight is 383 g/mol. The molecule has 1 aromatic heterocycles. The number of hydrogen-bond acceptors (Lipinski definition) is 4. The van der Waals surface area contributed by atoms with Gasteiger partial charge in [-0.05, 0) is 49.9 Å². The van der Waals surface area contributed by atoms with E-state index in [9.17, 15) is 14.7 Å². The molecule has 0 unspecified atom stereocenters. The van der Waals surface area contributed by atoms with Gasteiger partial charge in [0.1, 0.15) is 11.4 Å². The highest BCUT2D eigenvalue weighted by Crippen LogP contribution is 2.28. The Morgan fingerprint density at radius 2 is 1.71 bits per heavy atom. The Morgan fingerprint density at radius 3 is 2.29 bits per heavy atom. The van der Waals surface area contributed by atoms with Crippen molar-refractivity contribution in [3.8, 4) is 5.75 Å². The minimum Gasteiger partial charge on any atom is -0.508 e. The van der Waals surface area contributed by atoms with Gasteiger partial charge < -0.3 is 15.7 Å². The molecule has 0 spiro atoms. The Balaban J connectivity index is 2.08. The van der Waals surface area contributed by atoms with Crippen molar-refractivity contribution in [2.45, 2.75) is 58.9 Å². The molecule has 150 valence electrons. The molecular formula is C22H29N3O3. The average Bonchev–Trinajstić information content (AvgIpc) is 2.54. The zero-order chi connectivity index (χ0) is 21.1. The Bertz CT molecular complexity index is 877. The van der Waals surface area contributed by atoms with E-state index in [0.29, 0.717) is 11.3 Å². The number of aromatic nitrogens is 1. The van der Waals surface area contributed by atoms with Crippen LogP contribution >= 0.6 is 0 Å². The van der Waals surface area contributed by atoms with E-state index in [-0.39, 0.29) is 40.6 Å². The number of amides is 2. The molecule has 0 aliphatic carbocycles. The van der Waals surface area contributed by atoms with Crippen LogP contribution in [-0.4, -0.2) is 27.4 Å². The van der Waals surface area contributed by atoms with Crippen molar-refractivity contribution < 1.29 is 14.7 Å². The number of phenolic OH excluding ortho intramolecular Hbond substituents is 1. The fourth-order valence-corrected chi connectivity index (χ4v) is 2.60. The second-order valence-electron chi connectivity index (χ2n) is 8.95. The van der Waals surface area contributed by atoms with Gasteiger partial charge in [0, 0.05) is 23.0 Å². The summed E-state index contributed by atoms with van der Waals surface area (Å²) < 4.78 is 0. The van der Waals surface area contributed by atoms with Gasteiger partial charge in [-0.25, -0.2) is 0 Å². The Kier molecular flexibility index (Phi) is 6.12. The third kappa shape index (κ3) is 6.08. The molecule has 0 bridgehead atoms. The van der Waals surface area contributed by atoms with Crippen LogP contribution < -0.4 is 10.6 Å². The third-order valence-electron chi connectivity index (χ3n) is 4.07. The van der Waals surface area contributed by atoms with E-state index in [0.717, 1.165) is 5.56 Å². The van der Waals surface area contributed by atoms with Crippen LogP contribution in [0.3, 0.4) is 0 Å². The molecule has 6 heteroatoms. The number of carbonyl (C=O) groups excluding carboxylic acids is 2. The lowest BCUT2D eigenvalue weighted by Crippen LogP contribution is -2.40. The molecular weight excluding hydrogens is 354 g/mol. The number of nitrogens with one attached hydrogen (secondary N) is 2. The van der Waals surface area contributed by atoms with E-state index in [2.05, 4.69) is 36.4 Å². The molecule has 0 atom stereocenters. The predicted molar refractivity (Wildman–Crippen MR) is 111 cm³/mol. The fraction of sp³-hybridized carbons (Fsp3) is 0.409. The van der Waals surface area contributed by atoms with Crippen molar-refractivity contribution in [1.82, 2.24) is 10.3 Å². The molecule has 1 aromatic carbocycles. The summed E-state index contributed by atoms with van der Waals surface area (Å²) in [5.41, 5.74) is 1.78. The molecule has 0 saturated carbocycles. The highest BCUT2D eigenvalue weighted by Gasteiger charge is 2.18. The smallest absolute Gasteiger partial charge is 0.270 e. The number of benzene rings is 1. The summed E-state index contributed by atoms with van der Waals surface area (Å²) in [6.07, 6.45) is 1.50. The highest BCUT2D eigenvalue weighted by atomic mass is 16.3. The van der Waals surface area contributed by atoms with E-state index in [4.69, 9.17) is 0 Å². The number of aromatic hydroxyl groups is 1. The fourth-order valence-electron chi connectivity index (χ4n) is 2.60. The molecule has 28 heavy (non-hydrogen) atoms. The van der Waals surface area contributed by atoms with Crippen LogP contribution in [-0.2, 0) is 16.6 Å². The van der Waals surface area contributed by atoms with Crippen LogP contribution in [0.2, 0.25) is 0 Å². The lowest BCUT2D eigenvalue weighted by molar-refractivity contribution is -0.115. The van der Waals surface area contributed by atoms with Gasteiger partial charge in [0.05, 0.1) is 6.42 Å². The van der Waals surface area contributed by atoms with Gasteiger partial charge in [0.2, 0.25) is 5.91 Å². The molecule has 6 nitrogen and oxygen atoms in total. The minimum atomic E-state index is -0.380. The van der Waals surface area contributed by atoms with Gasteiger partial charge in [-0.3, -0.25) is 14.6 Å². The maximum absolute atomic E-state index is 12.4. The van der Waals surface area contributed by atoms with Crippen LogP contribution in [0.1, 0.15) is 63.2 Å². The largest absolute Gasteiger partial charge is 0.508 e. The molecule has 0 aliphatic heterocycles. The molecule has 2 aromatic rings. The van der Waals surface area contributed by atoms with E-state index < -0.39 is 0 Å². The number of hydrogen-bond donors (Lipinski definition) is 3. The van der Waals surface area contributed by atoms with Crippen LogP contribution in [0, 0.1) is 0 Å². The number of rotatable bonds is 4. The minimum absolute atomic E-state index is 0.0299. The molecule has 0 fully saturated rings. The quantitative estimate of drug-likeness (QED) is 0.749. The summed E-state index contributed by atoms with van der Waals surface area (Å²) in [7, 11) is 0. The van der Waals surface area contributed by atoms with Crippen molar-refractivity contribution in [2.24, 2.45) is 0 Å². The Morgan fingerprint density at radius 1 is 1.04 bits per heavy atom. The van der Waals surface area contributed by atoms with Crippen LogP contribution in [0.15, 0.2) is 36.5 Å². The highest BCUT2D eigenvalue weighted by molar-refractivity contribution is 5.96. The molecule has 0 aliphatic rings. The molecule has 0 radical (unpaired) electrons. The topological polar surface area (TPSA) is 91.3 Å². The van der Waals surface area contributed by atoms with Gasteiger partial charge in [-0.15, -0.1) is 0 Å². The van der Waals surface area contributed by atoms with E-state index in [1.165, 1.54) is 12.3 Å². The number of pyridine rings is 1. The predicted octanol–water partition coefficient (Wildman–Crippen LogP) is 3.79. The Hall–Kier alpha value is -2.89. The van der Waals surface area contributed by atoms with Crippen molar-refractivity contribution in [3.63, 3.8) is 0 Å². The zero-order valence-corrected chi connectivity index (χ0v) is 17.4. The van der Waals surface area contributed by atoms with Gasteiger partial charge in [0.15, 0.2) is 0 Å². The molecule has 2 rings (SSSR count). The second-order valence-corrected chi connectivity index (χ2v) is 8.95. The zero-order valence-electron chi connectivity index (χ0n) is 17.4. The van der Waals surface area contributed by atoms with E-state index in [1.807, 2.05) is 26.8 Å². The molecule has 3 N–H and O–H groups in total. The number of carbonyl (C=O) groups is 2. The first-order valence-electron chi connectivity index (χ1n) is 9.26. The summed E-state index contributed by atoms with van der Waals surface area (Å²) in [6, 6.07) is 8.54. The van der Waals surface area contributed by atoms with Crippen molar-refractivity contribution in [1.29, 1.82) is 0 Å². The first kappa shape index (κ1) is 21.4. The van der Waals surface area contributed by atoms with E-state index >= 15 is 0 Å². The van der Waals surface area contributed by atoms with E-state index in [1.54, 1.807) is 18.2 Å². The lowest BCUT2D eigenvalue weighted by Gasteiger charge is -2.20. The molecule has 0 saturated heterocycles. The van der Waals surface area contributed by atoms with Crippen molar-refractivity contribution in [2.75, 3.05) is 5.32 Å². The SMILES string of the molecule is CC(C)(C)NC(=O)c1cc(NC(=O)Cc2ccc(C(C)(C)C)cc2O)ccn1. The maximum Gasteiger partial charge on any atom is 0.270 e. The molecule has 1 heterocycles. The van der Waals surface area contributed by atoms with Crippen molar-refractivity contribution >= 4 is 17.5 Å². The van der Waals surface area contributed by atoms with Gasteiger partial charge in [-0.2, -0.15) is 0 Å². The second kappa shape index (κ2) is 8.00. The summed E-state index contributed by atoms with van der Waals surface area (Å²) >= 11 is 0. The molecule has 2 amide bonds. The first-order chi connectivity index (χ1) is 12.8. The maximum atomic E-state index is 12.4. The van der Waals surface area contributed by atoms with Crippen LogP contribution in [0.5, 0.6) is 5.75 Å². The summed E-state index contributed by atoms with van der Waals surface area (Å²) in [5, 5.41) is 15.8. The Labute approximate surface area is 166 Å². The third-order valence-corrected chi connectivity index (χ3v) is 4.07. The van der Waals surface area contributed by atoms with Crippen LogP contribution in [0.4, 0.5) is 5.69 Å². The number of anilines is 1. The van der Waals surface area contributed by atoms with Gasteiger partial charge in [-0.1, -0.05) is 32.9 Å². The van der Waals surface area contributed by atoms with Crippen LogP contribution in [0.25, 0.3) is 0 Å². The lowest BCUT2D eigenvalue weighted by atomic mass is 9.86.